The lowest BCUT2D eigenvalue weighted by molar-refractivity contribution is 0.349. The molecule has 0 amide bonds. The Kier molecular flexibility index (Phi) is 3.99. The van der Waals surface area contributed by atoms with E-state index in [9.17, 15) is 0 Å². The third-order valence-electron chi connectivity index (χ3n) is 3.16. The number of thiazole rings is 1. The van der Waals surface area contributed by atoms with E-state index in [1.165, 1.54) is 11.3 Å². The summed E-state index contributed by atoms with van der Waals surface area (Å²) in [6.07, 6.45) is 1.75. The molecule has 1 aromatic heterocycles. The molecule has 0 atom stereocenters. The summed E-state index contributed by atoms with van der Waals surface area (Å²) in [5.74, 6) is 0.692. The van der Waals surface area contributed by atoms with Gasteiger partial charge >= 0.3 is 0 Å². The van der Waals surface area contributed by atoms with Gasteiger partial charge in [-0.05, 0) is 18.4 Å². The summed E-state index contributed by atoms with van der Waals surface area (Å²) in [6.45, 7) is 2.59. The zero-order valence-corrected chi connectivity index (χ0v) is 13.3. The van der Waals surface area contributed by atoms with E-state index in [1.807, 2.05) is 37.3 Å². The number of fused-ring (bicyclic) bond motifs is 1. The van der Waals surface area contributed by atoms with Crippen LogP contribution >= 0.6 is 22.9 Å². The van der Waals surface area contributed by atoms with E-state index < -0.39 is 0 Å². The van der Waals surface area contributed by atoms with Crippen molar-refractivity contribution in [2.75, 3.05) is 13.7 Å². The maximum atomic E-state index is 6.35. The van der Waals surface area contributed by atoms with E-state index in [4.69, 9.17) is 21.1 Å². The van der Waals surface area contributed by atoms with Gasteiger partial charge in [0.15, 0.2) is 5.06 Å². The van der Waals surface area contributed by atoms with E-state index in [0.29, 0.717) is 17.4 Å². The van der Waals surface area contributed by atoms with E-state index in [1.54, 1.807) is 13.3 Å². The predicted octanol–water partition coefficient (Wildman–Crippen LogP) is 5.02. The Hall–Kier alpha value is -1.78. The van der Waals surface area contributed by atoms with Gasteiger partial charge in [0.2, 0.25) is 0 Å². The van der Waals surface area contributed by atoms with E-state index in [-0.39, 0.29) is 0 Å². The minimum Gasteiger partial charge on any atom is -0.495 e. The van der Waals surface area contributed by atoms with Crippen LogP contribution in [0.4, 0.5) is 0 Å². The zero-order valence-electron chi connectivity index (χ0n) is 11.7. The molecule has 0 aliphatic heterocycles. The lowest BCUT2D eigenvalue weighted by Crippen LogP contribution is -1.89. The Balaban J connectivity index is 2.22. The molecule has 0 fully saturated rings. The van der Waals surface area contributed by atoms with Crippen LogP contribution in [0.25, 0.3) is 21.3 Å². The molecule has 0 unspecified atom stereocenters. The van der Waals surface area contributed by atoms with Gasteiger partial charge in [0.1, 0.15) is 10.8 Å². The first-order valence-electron chi connectivity index (χ1n) is 6.58. The second kappa shape index (κ2) is 5.92. The first-order chi connectivity index (χ1) is 10.2. The van der Waals surface area contributed by atoms with Crippen molar-refractivity contribution in [1.29, 1.82) is 0 Å². The number of aromatic nitrogens is 1. The molecule has 3 rings (SSSR count). The Labute approximate surface area is 132 Å². The van der Waals surface area contributed by atoms with Gasteiger partial charge in [0, 0.05) is 10.9 Å². The molecular weight excluding hydrogens is 306 g/mol. The second-order valence-electron chi connectivity index (χ2n) is 4.40. The van der Waals surface area contributed by atoms with Crippen LogP contribution in [0.3, 0.4) is 0 Å². The minimum atomic E-state index is 0.583. The molecule has 108 valence electrons. The highest BCUT2D eigenvalue weighted by Gasteiger charge is 2.15. The topological polar surface area (TPSA) is 31.4 Å². The average molecular weight is 320 g/mol. The van der Waals surface area contributed by atoms with Crippen molar-refractivity contribution in [3.63, 3.8) is 0 Å². The molecule has 0 spiro atoms. The number of nitrogens with zero attached hydrogens (tertiary/aromatic N) is 1. The molecule has 0 saturated carbocycles. The highest BCUT2D eigenvalue weighted by atomic mass is 35.5. The second-order valence-corrected chi connectivity index (χ2v) is 5.80. The van der Waals surface area contributed by atoms with Crippen molar-refractivity contribution in [3.05, 3.63) is 41.6 Å². The SMILES string of the molecule is CCOc1cnc(-c2cc(Cl)c(OC)c3ccccc23)s1. The van der Waals surface area contributed by atoms with Gasteiger partial charge in [0.25, 0.3) is 0 Å². The summed E-state index contributed by atoms with van der Waals surface area (Å²) in [7, 11) is 1.63. The molecule has 2 aromatic carbocycles. The molecule has 3 aromatic rings. The molecule has 0 aliphatic rings. The monoisotopic (exact) mass is 319 g/mol. The Bertz CT molecular complexity index is 785. The van der Waals surface area contributed by atoms with Crippen LogP contribution in [0, 0.1) is 0 Å². The van der Waals surface area contributed by atoms with Crippen molar-refractivity contribution in [3.8, 4) is 21.4 Å². The lowest BCUT2D eigenvalue weighted by Gasteiger charge is -2.11. The van der Waals surface area contributed by atoms with Crippen molar-refractivity contribution in [2.45, 2.75) is 6.92 Å². The highest BCUT2D eigenvalue weighted by molar-refractivity contribution is 7.16. The number of hydrogen-bond acceptors (Lipinski definition) is 4. The number of halogens is 1. The van der Waals surface area contributed by atoms with Crippen LogP contribution in [0.15, 0.2) is 36.5 Å². The smallest absolute Gasteiger partial charge is 0.194 e. The van der Waals surface area contributed by atoms with Crippen LogP contribution in [0.1, 0.15) is 6.92 Å². The quantitative estimate of drug-likeness (QED) is 0.676. The maximum absolute atomic E-state index is 6.35. The largest absolute Gasteiger partial charge is 0.495 e. The van der Waals surface area contributed by atoms with Crippen LogP contribution in [0.5, 0.6) is 10.8 Å². The summed E-state index contributed by atoms with van der Waals surface area (Å²) in [6, 6.07) is 9.91. The first kappa shape index (κ1) is 14.2. The van der Waals surface area contributed by atoms with Crippen LogP contribution < -0.4 is 9.47 Å². The van der Waals surface area contributed by atoms with Crippen LogP contribution in [-0.2, 0) is 0 Å². The van der Waals surface area contributed by atoms with Gasteiger partial charge in [-0.2, -0.15) is 0 Å². The first-order valence-corrected chi connectivity index (χ1v) is 7.78. The molecule has 5 heteroatoms. The van der Waals surface area contributed by atoms with Crippen molar-refractivity contribution >= 4 is 33.7 Å². The molecule has 1 heterocycles. The van der Waals surface area contributed by atoms with E-state index in [2.05, 4.69) is 4.98 Å². The summed E-state index contributed by atoms with van der Waals surface area (Å²) in [5, 5.41) is 4.33. The fourth-order valence-corrected chi connectivity index (χ4v) is 3.44. The molecule has 0 N–H and O–H groups in total. The normalized spacial score (nSPS) is 10.8. The number of methoxy groups -OCH3 is 1. The molecule has 21 heavy (non-hydrogen) atoms. The van der Waals surface area contributed by atoms with Gasteiger partial charge < -0.3 is 9.47 Å². The summed E-state index contributed by atoms with van der Waals surface area (Å²) in [5.41, 5.74) is 0.993. The summed E-state index contributed by atoms with van der Waals surface area (Å²) in [4.78, 5) is 4.45. The fourth-order valence-electron chi connectivity index (χ4n) is 2.29. The average Bonchev–Trinajstić information content (AvgIpc) is 2.95. The van der Waals surface area contributed by atoms with Crippen molar-refractivity contribution in [1.82, 2.24) is 4.98 Å². The van der Waals surface area contributed by atoms with Gasteiger partial charge in [-0.1, -0.05) is 47.2 Å². The Morgan fingerprint density at radius 2 is 2.00 bits per heavy atom. The summed E-state index contributed by atoms with van der Waals surface area (Å²) >= 11 is 7.86. The number of rotatable bonds is 4. The van der Waals surface area contributed by atoms with Gasteiger partial charge in [-0.25, -0.2) is 4.98 Å². The zero-order chi connectivity index (χ0) is 14.8. The van der Waals surface area contributed by atoms with Crippen LogP contribution in [0.2, 0.25) is 5.02 Å². The van der Waals surface area contributed by atoms with Gasteiger partial charge in [-0.15, -0.1) is 0 Å². The van der Waals surface area contributed by atoms with Gasteiger partial charge in [-0.3, -0.25) is 0 Å². The number of ether oxygens (including phenoxy) is 2. The Morgan fingerprint density at radius 1 is 1.24 bits per heavy atom. The van der Waals surface area contributed by atoms with Crippen LogP contribution in [-0.4, -0.2) is 18.7 Å². The fraction of sp³-hybridized carbons (Fsp3) is 0.188. The lowest BCUT2D eigenvalue weighted by atomic mass is 10.0. The molecule has 0 radical (unpaired) electrons. The van der Waals surface area contributed by atoms with Crippen molar-refractivity contribution in [2.24, 2.45) is 0 Å². The third-order valence-corrected chi connectivity index (χ3v) is 4.38. The number of hydrogen-bond donors (Lipinski definition) is 0. The Morgan fingerprint density at radius 3 is 2.71 bits per heavy atom. The highest BCUT2D eigenvalue weighted by Crippen LogP contribution is 2.41. The predicted molar refractivity (Wildman–Crippen MR) is 87.8 cm³/mol. The molecule has 0 saturated heterocycles. The molecular formula is C16H14ClNO2S. The standard InChI is InChI=1S/C16H14ClNO2S/c1-3-20-14-9-18-16(21-14)12-8-13(17)15(19-2)11-7-5-4-6-10(11)12/h4-9H,3H2,1-2H3. The number of benzene rings is 2. The van der Waals surface area contributed by atoms with Gasteiger partial charge in [0.05, 0.1) is 24.9 Å². The van der Waals surface area contributed by atoms with E-state index in [0.717, 1.165) is 26.4 Å². The molecule has 3 nitrogen and oxygen atoms in total. The minimum absolute atomic E-state index is 0.583. The molecule has 0 bridgehead atoms. The molecule has 0 aliphatic carbocycles. The summed E-state index contributed by atoms with van der Waals surface area (Å²) < 4.78 is 10.9. The van der Waals surface area contributed by atoms with Crippen molar-refractivity contribution < 1.29 is 9.47 Å². The maximum Gasteiger partial charge on any atom is 0.194 e. The van der Waals surface area contributed by atoms with E-state index >= 15 is 0 Å². The third kappa shape index (κ3) is 2.57.